The van der Waals surface area contributed by atoms with Gasteiger partial charge in [0.1, 0.15) is 5.67 Å². The topological polar surface area (TPSA) is 22.1 Å². The highest BCUT2D eigenvalue weighted by Crippen LogP contribution is 2.46. The average Bonchev–Trinajstić information content (AvgIpc) is 2.44. The van der Waals surface area contributed by atoms with Crippen molar-refractivity contribution in [2.45, 2.75) is 38.1 Å². The molecule has 3 heteroatoms. The Hall–Kier alpha value is -1.74. The van der Waals surface area contributed by atoms with Gasteiger partial charge in [0.2, 0.25) is 0 Å². The first-order chi connectivity index (χ1) is 9.66. The first-order valence-corrected chi connectivity index (χ1v) is 6.93. The Kier molecular flexibility index (Phi) is 3.53. The monoisotopic (exact) mass is 271 g/mol. The van der Waals surface area contributed by atoms with E-state index in [1.165, 1.54) is 0 Å². The number of pyridine rings is 1. The summed E-state index contributed by atoms with van der Waals surface area (Å²) < 4.78 is 20.4. The van der Waals surface area contributed by atoms with Crippen LogP contribution in [0, 0.1) is 6.92 Å². The van der Waals surface area contributed by atoms with Gasteiger partial charge in [-0.1, -0.05) is 36.4 Å². The molecule has 1 aromatic heterocycles. The van der Waals surface area contributed by atoms with Gasteiger partial charge < -0.3 is 4.74 Å². The first kappa shape index (κ1) is 13.3. The largest absolute Gasteiger partial charge is 0.373 e. The fourth-order valence-electron chi connectivity index (χ4n) is 2.54. The maximum atomic E-state index is 14.6. The lowest BCUT2D eigenvalue weighted by Gasteiger charge is -2.41. The van der Waals surface area contributed by atoms with Gasteiger partial charge in [0.25, 0.3) is 0 Å². The molecule has 3 rings (SSSR count). The molecule has 0 unspecified atom stereocenters. The zero-order valence-electron chi connectivity index (χ0n) is 11.6. The zero-order chi connectivity index (χ0) is 14.0. The summed E-state index contributed by atoms with van der Waals surface area (Å²) >= 11 is 0. The van der Waals surface area contributed by atoms with E-state index in [0.717, 1.165) is 11.3 Å². The second-order valence-corrected chi connectivity index (χ2v) is 5.48. The van der Waals surface area contributed by atoms with Crippen LogP contribution in [0.4, 0.5) is 4.39 Å². The van der Waals surface area contributed by atoms with E-state index in [0.29, 0.717) is 25.0 Å². The molecule has 0 N–H and O–H groups in total. The van der Waals surface area contributed by atoms with Gasteiger partial charge in [0.15, 0.2) is 0 Å². The van der Waals surface area contributed by atoms with Crippen LogP contribution in [0.5, 0.6) is 0 Å². The van der Waals surface area contributed by atoms with Crippen molar-refractivity contribution in [3.63, 3.8) is 0 Å². The normalized spacial score (nSPS) is 25.2. The minimum Gasteiger partial charge on any atom is -0.373 e. The molecule has 2 aromatic rings. The van der Waals surface area contributed by atoms with Crippen LogP contribution in [0.2, 0.25) is 0 Å². The van der Waals surface area contributed by atoms with Crippen LogP contribution in [0.1, 0.15) is 29.7 Å². The van der Waals surface area contributed by atoms with Gasteiger partial charge in [-0.25, -0.2) is 4.39 Å². The summed E-state index contributed by atoms with van der Waals surface area (Å²) in [4.78, 5) is 4.17. The Morgan fingerprint density at radius 2 is 1.95 bits per heavy atom. The Morgan fingerprint density at radius 3 is 2.60 bits per heavy atom. The molecule has 0 spiro atoms. The summed E-state index contributed by atoms with van der Waals surface area (Å²) in [7, 11) is 0. The van der Waals surface area contributed by atoms with Gasteiger partial charge in [-0.15, -0.1) is 0 Å². The smallest absolute Gasteiger partial charge is 0.142 e. The van der Waals surface area contributed by atoms with Crippen molar-refractivity contribution in [3.8, 4) is 0 Å². The molecule has 1 aromatic carbocycles. The van der Waals surface area contributed by atoms with Crippen LogP contribution in [0.25, 0.3) is 0 Å². The highest BCUT2D eigenvalue weighted by atomic mass is 19.1. The van der Waals surface area contributed by atoms with Gasteiger partial charge in [0, 0.05) is 30.3 Å². The summed E-state index contributed by atoms with van der Waals surface area (Å²) in [5, 5.41) is 0. The Balaban J connectivity index is 1.54. The predicted octanol–water partition coefficient (Wildman–Crippen LogP) is 3.93. The van der Waals surface area contributed by atoms with Crippen molar-refractivity contribution < 1.29 is 9.13 Å². The highest BCUT2D eigenvalue weighted by molar-refractivity contribution is 5.24. The maximum absolute atomic E-state index is 14.6. The van der Waals surface area contributed by atoms with Crippen molar-refractivity contribution in [2.75, 3.05) is 0 Å². The fourth-order valence-corrected chi connectivity index (χ4v) is 2.54. The molecule has 104 valence electrons. The lowest BCUT2D eigenvalue weighted by molar-refractivity contribution is -0.107. The second-order valence-electron chi connectivity index (χ2n) is 5.48. The van der Waals surface area contributed by atoms with Crippen LogP contribution in [0.3, 0.4) is 0 Å². The molecule has 1 saturated carbocycles. The number of hydrogen-bond acceptors (Lipinski definition) is 2. The number of nitrogens with zero attached hydrogens (tertiary/aromatic N) is 1. The van der Waals surface area contributed by atoms with E-state index in [-0.39, 0.29) is 6.10 Å². The average molecular weight is 271 g/mol. The zero-order valence-corrected chi connectivity index (χ0v) is 11.6. The van der Waals surface area contributed by atoms with E-state index in [4.69, 9.17) is 4.74 Å². The predicted molar refractivity (Wildman–Crippen MR) is 76.0 cm³/mol. The number of ether oxygens (including phenoxy) is 1. The van der Waals surface area contributed by atoms with Crippen molar-refractivity contribution in [1.82, 2.24) is 4.98 Å². The molecule has 0 aliphatic heterocycles. The molecule has 2 nitrogen and oxygen atoms in total. The maximum Gasteiger partial charge on any atom is 0.142 e. The van der Waals surface area contributed by atoms with Gasteiger partial charge in [-0.2, -0.15) is 0 Å². The number of halogens is 1. The SMILES string of the molecule is Cc1ccc(C2(F)CC(OCc3ccccc3)C2)cn1. The number of aryl methyl sites for hydroxylation is 1. The van der Waals surface area contributed by atoms with E-state index in [9.17, 15) is 4.39 Å². The molecular formula is C17H18FNO. The van der Waals surface area contributed by atoms with Crippen LogP contribution in [-0.4, -0.2) is 11.1 Å². The van der Waals surface area contributed by atoms with Gasteiger partial charge in [-0.05, 0) is 18.6 Å². The van der Waals surface area contributed by atoms with Gasteiger partial charge in [0.05, 0.1) is 12.7 Å². The lowest BCUT2D eigenvalue weighted by Crippen LogP contribution is -2.42. The number of aromatic nitrogens is 1. The van der Waals surface area contributed by atoms with Crippen LogP contribution in [0.15, 0.2) is 48.7 Å². The van der Waals surface area contributed by atoms with Crippen molar-refractivity contribution in [3.05, 3.63) is 65.5 Å². The Morgan fingerprint density at radius 1 is 1.20 bits per heavy atom. The molecule has 0 radical (unpaired) electrons. The molecule has 0 amide bonds. The van der Waals surface area contributed by atoms with Crippen LogP contribution >= 0.6 is 0 Å². The molecule has 1 heterocycles. The third-order valence-electron chi connectivity index (χ3n) is 3.86. The molecule has 1 fully saturated rings. The van der Waals surface area contributed by atoms with E-state index in [2.05, 4.69) is 4.98 Å². The summed E-state index contributed by atoms with van der Waals surface area (Å²) in [6.07, 6.45) is 2.49. The quantitative estimate of drug-likeness (QED) is 0.840. The van der Waals surface area contributed by atoms with Gasteiger partial charge in [-0.3, -0.25) is 4.98 Å². The lowest BCUT2D eigenvalue weighted by atomic mass is 9.75. The third kappa shape index (κ3) is 2.73. The van der Waals surface area contributed by atoms with E-state index in [1.54, 1.807) is 6.20 Å². The van der Waals surface area contributed by atoms with Crippen molar-refractivity contribution in [2.24, 2.45) is 0 Å². The standard InChI is InChI=1S/C17H18FNO/c1-13-7-8-15(11-19-13)17(18)9-16(10-17)20-12-14-5-3-2-4-6-14/h2-8,11,16H,9-10,12H2,1H3. The minimum atomic E-state index is -1.26. The number of benzene rings is 1. The van der Waals surface area contributed by atoms with Crippen LogP contribution in [-0.2, 0) is 17.0 Å². The Labute approximate surface area is 118 Å². The van der Waals surface area contributed by atoms with Gasteiger partial charge >= 0.3 is 0 Å². The molecule has 1 aliphatic rings. The first-order valence-electron chi connectivity index (χ1n) is 6.93. The third-order valence-corrected chi connectivity index (χ3v) is 3.86. The van der Waals surface area contributed by atoms with Crippen molar-refractivity contribution >= 4 is 0 Å². The summed E-state index contributed by atoms with van der Waals surface area (Å²) in [6.45, 7) is 2.45. The van der Waals surface area contributed by atoms with E-state index >= 15 is 0 Å². The number of hydrogen-bond donors (Lipinski definition) is 0. The number of rotatable bonds is 4. The molecule has 0 atom stereocenters. The fraction of sp³-hybridized carbons (Fsp3) is 0.353. The molecule has 0 saturated heterocycles. The summed E-state index contributed by atoms with van der Waals surface area (Å²) in [5.41, 5.74) is 1.44. The van der Waals surface area contributed by atoms with E-state index < -0.39 is 5.67 Å². The second kappa shape index (κ2) is 5.33. The Bertz CT molecular complexity index is 561. The number of alkyl halides is 1. The molecular weight excluding hydrogens is 253 g/mol. The van der Waals surface area contributed by atoms with Crippen LogP contribution < -0.4 is 0 Å². The molecule has 20 heavy (non-hydrogen) atoms. The summed E-state index contributed by atoms with van der Waals surface area (Å²) in [6, 6.07) is 13.7. The highest BCUT2D eigenvalue weighted by Gasteiger charge is 2.47. The summed E-state index contributed by atoms with van der Waals surface area (Å²) in [5.74, 6) is 0. The minimum absolute atomic E-state index is 0.00140. The van der Waals surface area contributed by atoms with Crippen molar-refractivity contribution in [1.29, 1.82) is 0 Å². The molecule has 1 aliphatic carbocycles. The molecule has 0 bridgehead atoms. The van der Waals surface area contributed by atoms with E-state index in [1.807, 2.05) is 49.4 Å².